The molecule has 7 heteroatoms. The Morgan fingerprint density at radius 3 is 2.54 bits per heavy atom. The van der Waals surface area contributed by atoms with Crippen LogP contribution in [0.3, 0.4) is 0 Å². The molecule has 24 heavy (non-hydrogen) atoms. The van der Waals surface area contributed by atoms with E-state index in [0.29, 0.717) is 29.7 Å². The molecule has 0 fully saturated rings. The zero-order valence-electron chi connectivity index (χ0n) is 13.8. The van der Waals surface area contributed by atoms with Crippen LogP contribution < -0.4 is 20.5 Å². The molecule has 0 atom stereocenters. The first kappa shape index (κ1) is 20.6. The molecule has 0 saturated carbocycles. The van der Waals surface area contributed by atoms with Crippen molar-refractivity contribution in [3.05, 3.63) is 52.0 Å². The highest BCUT2D eigenvalue weighted by atomic mass is 127. The molecule has 2 rings (SSSR count). The zero-order chi connectivity index (χ0) is 16.8. The number of nitrogens with two attached hydrogens (primary N) is 1. The number of aliphatic imine (C=N–C) groups is 1. The molecule has 0 bridgehead atoms. The third-order valence-electron chi connectivity index (χ3n) is 3.39. The van der Waals surface area contributed by atoms with Gasteiger partial charge in [0.15, 0.2) is 5.96 Å². The maximum absolute atomic E-state index is 5.98. The van der Waals surface area contributed by atoms with E-state index in [9.17, 15) is 0 Å². The third-order valence-corrected chi connectivity index (χ3v) is 3.89. The highest BCUT2D eigenvalue weighted by Crippen LogP contribution is 2.28. The van der Waals surface area contributed by atoms with Crippen LogP contribution in [-0.2, 0) is 6.54 Å². The smallest absolute Gasteiger partial charge is 0.193 e. The van der Waals surface area contributed by atoms with Gasteiger partial charge in [-0.3, -0.25) is 0 Å². The van der Waals surface area contributed by atoms with Gasteiger partial charge in [-0.05, 0) is 42.3 Å². The number of halogens is 2. The van der Waals surface area contributed by atoms with Gasteiger partial charge in [-0.25, -0.2) is 4.99 Å². The Balaban J connectivity index is 0.00000288. The first-order valence-corrected chi connectivity index (χ1v) is 7.86. The zero-order valence-corrected chi connectivity index (χ0v) is 17.7. The number of rotatable bonds is 5. The van der Waals surface area contributed by atoms with Crippen LogP contribution in [0, 0.1) is 6.92 Å². The molecule has 0 heterocycles. The van der Waals surface area contributed by atoms with E-state index in [1.807, 2.05) is 37.3 Å². The van der Waals surface area contributed by atoms with Crippen molar-refractivity contribution in [2.24, 2.45) is 10.7 Å². The predicted molar refractivity (Wildman–Crippen MR) is 113 cm³/mol. The molecular formula is C17H21BrIN3O2. The minimum absolute atomic E-state index is 0. The van der Waals surface area contributed by atoms with Crippen LogP contribution in [0.25, 0.3) is 0 Å². The molecular weight excluding hydrogens is 485 g/mol. The lowest BCUT2D eigenvalue weighted by molar-refractivity contribution is 0.405. The Bertz CT molecular complexity index is 723. The van der Waals surface area contributed by atoms with Gasteiger partial charge in [0.05, 0.1) is 26.5 Å². The maximum atomic E-state index is 5.98. The second kappa shape index (κ2) is 9.73. The summed E-state index contributed by atoms with van der Waals surface area (Å²) in [7, 11) is 3.21. The summed E-state index contributed by atoms with van der Waals surface area (Å²) in [5, 5.41) is 3.05. The van der Waals surface area contributed by atoms with E-state index in [1.165, 1.54) is 0 Å². The van der Waals surface area contributed by atoms with E-state index in [1.54, 1.807) is 14.2 Å². The molecule has 2 aromatic rings. The van der Waals surface area contributed by atoms with Gasteiger partial charge < -0.3 is 20.5 Å². The van der Waals surface area contributed by atoms with Crippen molar-refractivity contribution in [1.82, 2.24) is 0 Å². The quantitative estimate of drug-likeness (QED) is 0.360. The molecule has 0 saturated heterocycles. The summed E-state index contributed by atoms with van der Waals surface area (Å²) in [6.45, 7) is 2.55. The Morgan fingerprint density at radius 2 is 1.92 bits per heavy atom. The van der Waals surface area contributed by atoms with E-state index < -0.39 is 0 Å². The van der Waals surface area contributed by atoms with Crippen molar-refractivity contribution in [3.63, 3.8) is 0 Å². The number of benzene rings is 2. The summed E-state index contributed by atoms with van der Waals surface area (Å²) in [6.07, 6.45) is 0. The topological polar surface area (TPSA) is 68.9 Å². The number of hydrogen-bond acceptors (Lipinski definition) is 3. The van der Waals surface area contributed by atoms with Gasteiger partial charge >= 0.3 is 0 Å². The second-order valence-corrected chi connectivity index (χ2v) is 5.88. The van der Waals surface area contributed by atoms with Crippen molar-refractivity contribution >= 4 is 51.6 Å². The number of aryl methyl sites for hydroxylation is 1. The van der Waals surface area contributed by atoms with Crippen molar-refractivity contribution in [3.8, 4) is 11.5 Å². The molecule has 0 amide bonds. The fraction of sp³-hybridized carbons (Fsp3) is 0.235. The monoisotopic (exact) mass is 505 g/mol. The highest BCUT2D eigenvalue weighted by Gasteiger charge is 2.06. The number of methoxy groups -OCH3 is 2. The highest BCUT2D eigenvalue weighted by molar-refractivity contribution is 14.0. The number of nitrogens with one attached hydrogen (secondary N) is 1. The van der Waals surface area contributed by atoms with Gasteiger partial charge in [0.2, 0.25) is 0 Å². The minimum Gasteiger partial charge on any atom is -0.497 e. The number of hydrogen-bond donors (Lipinski definition) is 2. The fourth-order valence-corrected chi connectivity index (χ4v) is 2.57. The van der Waals surface area contributed by atoms with Crippen LogP contribution in [0.4, 0.5) is 5.69 Å². The van der Waals surface area contributed by atoms with Gasteiger partial charge in [0, 0.05) is 10.5 Å². The minimum atomic E-state index is 0. The number of anilines is 1. The van der Waals surface area contributed by atoms with Crippen molar-refractivity contribution in [2.75, 3.05) is 19.5 Å². The second-order valence-electron chi connectivity index (χ2n) is 4.96. The Kier molecular flexibility index (Phi) is 8.34. The van der Waals surface area contributed by atoms with E-state index in [4.69, 9.17) is 15.2 Å². The molecule has 0 aliphatic heterocycles. The lowest BCUT2D eigenvalue weighted by atomic mass is 10.1. The van der Waals surface area contributed by atoms with Gasteiger partial charge in [-0.15, -0.1) is 24.0 Å². The van der Waals surface area contributed by atoms with Crippen LogP contribution in [-0.4, -0.2) is 20.2 Å². The van der Waals surface area contributed by atoms with E-state index in [0.717, 1.165) is 15.6 Å². The molecule has 0 unspecified atom stereocenters. The Labute approximate surface area is 167 Å². The predicted octanol–water partition coefficient (Wildman–Crippen LogP) is 4.32. The van der Waals surface area contributed by atoms with E-state index >= 15 is 0 Å². The number of ether oxygens (including phenoxy) is 2. The summed E-state index contributed by atoms with van der Waals surface area (Å²) in [5.74, 6) is 1.70. The molecule has 0 aliphatic rings. The van der Waals surface area contributed by atoms with E-state index in [2.05, 4.69) is 32.3 Å². The lowest BCUT2D eigenvalue weighted by Crippen LogP contribution is -2.23. The summed E-state index contributed by atoms with van der Waals surface area (Å²) >= 11 is 3.45. The van der Waals surface area contributed by atoms with Gasteiger partial charge in [-0.2, -0.15) is 0 Å². The molecule has 0 aromatic heterocycles. The molecule has 2 aromatic carbocycles. The lowest BCUT2D eigenvalue weighted by Gasteiger charge is -2.12. The third kappa shape index (κ3) is 5.55. The summed E-state index contributed by atoms with van der Waals surface area (Å²) in [5.41, 5.74) is 8.97. The summed E-state index contributed by atoms with van der Waals surface area (Å²) < 4.78 is 11.6. The van der Waals surface area contributed by atoms with Crippen molar-refractivity contribution in [1.29, 1.82) is 0 Å². The maximum Gasteiger partial charge on any atom is 0.193 e. The van der Waals surface area contributed by atoms with Crippen molar-refractivity contribution < 1.29 is 9.47 Å². The van der Waals surface area contributed by atoms with Crippen LogP contribution in [0.1, 0.15) is 11.1 Å². The average Bonchev–Trinajstić information content (AvgIpc) is 2.54. The number of guanidine groups is 1. The molecule has 130 valence electrons. The number of nitrogens with zero attached hydrogens (tertiary/aromatic N) is 1. The Morgan fingerprint density at radius 1 is 1.17 bits per heavy atom. The average molecular weight is 506 g/mol. The molecule has 0 aliphatic carbocycles. The molecule has 5 nitrogen and oxygen atoms in total. The van der Waals surface area contributed by atoms with Crippen LogP contribution in [0.5, 0.6) is 11.5 Å². The first-order chi connectivity index (χ1) is 11.0. The van der Waals surface area contributed by atoms with Crippen LogP contribution in [0.15, 0.2) is 45.9 Å². The molecule has 3 N–H and O–H groups in total. The molecule has 0 spiro atoms. The van der Waals surface area contributed by atoms with E-state index in [-0.39, 0.29) is 24.0 Å². The largest absolute Gasteiger partial charge is 0.497 e. The van der Waals surface area contributed by atoms with Gasteiger partial charge in [0.1, 0.15) is 11.5 Å². The normalized spacial score (nSPS) is 10.8. The SMILES string of the molecule is COc1ccc(OC)c(NC(N)=NCc2ccc(Br)cc2C)c1.I. The Hall–Kier alpha value is -1.48. The molecule has 0 radical (unpaired) electrons. The van der Waals surface area contributed by atoms with Gasteiger partial charge in [-0.1, -0.05) is 22.0 Å². The van der Waals surface area contributed by atoms with Crippen LogP contribution in [0.2, 0.25) is 0 Å². The summed E-state index contributed by atoms with van der Waals surface area (Å²) in [6, 6.07) is 11.5. The van der Waals surface area contributed by atoms with Crippen LogP contribution >= 0.6 is 39.9 Å². The first-order valence-electron chi connectivity index (χ1n) is 7.07. The fourth-order valence-electron chi connectivity index (χ4n) is 2.10. The van der Waals surface area contributed by atoms with Crippen molar-refractivity contribution in [2.45, 2.75) is 13.5 Å². The summed E-state index contributed by atoms with van der Waals surface area (Å²) in [4.78, 5) is 4.38. The standard InChI is InChI=1S/C17H20BrN3O2.HI/c1-11-8-13(18)5-4-12(11)10-20-17(19)21-15-9-14(22-2)6-7-16(15)23-3;/h4-9H,10H2,1-3H3,(H3,19,20,21);1H. The van der Waals surface area contributed by atoms with Gasteiger partial charge in [0.25, 0.3) is 0 Å².